The summed E-state index contributed by atoms with van der Waals surface area (Å²) < 4.78 is 0. The Labute approximate surface area is 213 Å². The van der Waals surface area contributed by atoms with Crippen LogP contribution in [0.5, 0.6) is 11.6 Å². The third-order valence-corrected chi connectivity index (χ3v) is 6.59. The van der Waals surface area contributed by atoms with Crippen LogP contribution in [0.2, 0.25) is 0 Å². The van der Waals surface area contributed by atoms with Gasteiger partial charge in [0, 0.05) is 22.9 Å². The van der Waals surface area contributed by atoms with Crippen LogP contribution in [0.4, 0.5) is 0 Å². The van der Waals surface area contributed by atoms with E-state index in [1.165, 1.54) is 18.4 Å². The van der Waals surface area contributed by atoms with Gasteiger partial charge < -0.3 is 10.2 Å². The molecule has 2 aromatic carbocycles. The van der Waals surface area contributed by atoms with Crippen LogP contribution >= 0.6 is 11.3 Å². The van der Waals surface area contributed by atoms with Gasteiger partial charge >= 0.3 is 4.87 Å². The van der Waals surface area contributed by atoms with Gasteiger partial charge in [0.15, 0.2) is 0 Å². The number of hydrogen-bond acceptors (Lipinski definition) is 9. The van der Waals surface area contributed by atoms with E-state index in [1.54, 1.807) is 48.5 Å². The molecule has 37 heavy (non-hydrogen) atoms. The largest absolute Gasteiger partial charge is 0.507 e. The summed E-state index contributed by atoms with van der Waals surface area (Å²) in [6, 6.07) is 19.0. The number of nitrogens with one attached hydrogen (secondary N) is 1. The quantitative estimate of drug-likeness (QED) is 0.491. The van der Waals surface area contributed by atoms with Gasteiger partial charge in [0.05, 0.1) is 22.2 Å². The zero-order valence-electron chi connectivity index (χ0n) is 18.8. The van der Waals surface area contributed by atoms with Crippen molar-refractivity contribution in [2.24, 2.45) is 15.9 Å². The molecule has 1 aliphatic heterocycles. The summed E-state index contributed by atoms with van der Waals surface area (Å²) in [5, 5.41) is 40.8. The van der Waals surface area contributed by atoms with Gasteiger partial charge in [-0.15, -0.1) is 0 Å². The topological polar surface area (TPSA) is 163 Å². The zero-order chi connectivity index (χ0) is 26.1. The number of phenolic OH excluding ortho intramolecular Hbond substituents is 1. The van der Waals surface area contributed by atoms with Gasteiger partial charge in [0.1, 0.15) is 29.1 Å². The fraction of sp³-hybridized carbons (Fsp3) is 0.0370. The van der Waals surface area contributed by atoms with Crippen molar-refractivity contribution in [2.45, 2.75) is 0 Å². The Morgan fingerprint density at radius 3 is 2.38 bits per heavy atom. The molecule has 178 valence electrons. The highest BCUT2D eigenvalue weighted by molar-refractivity contribution is 7.10. The molecule has 0 fully saturated rings. The molecule has 0 saturated carbocycles. The highest BCUT2D eigenvalue weighted by Crippen LogP contribution is 2.40. The number of benzene rings is 2. The van der Waals surface area contributed by atoms with Crippen LogP contribution in [-0.2, 0) is 4.79 Å². The number of H-pyrrole nitrogens is 1. The third kappa shape index (κ3) is 4.08. The van der Waals surface area contributed by atoms with Crippen LogP contribution in [0.1, 0.15) is 16.0 Å². The fourth-order valence-electron chi connectivity index (χ4n) is 4.11. The number of nitrogens with zero attached hydrogens (tertiary/aromatic N) is 4. The molecule has 5 rings (SSSR count). The highest BCUT2D eigenvalue weighted by Gasteiger charge is 2.39. The van der Waals surface area contributed by atoms with Gasteiger partial charge in [-0.2, -0.15) is 10.5 Å². The van der Waals surface area contributed by atoms with Crippen molar-refractivity contribution in [1.82, 2.24) is 4.98 Å². The number of rotatable bonds is 3. The maximum Gasteiger partial charge on any atom is 0.307 e. The van der Waals surface area contributed by atoms with Gasteiger partial charge in [0.2, 0.25) is 11.7 Å². The van der Waals surface area contributed by atoms with Gasteiger partial charge in [0.25, 0.3) is 0 Å². The molecule has 1 atom stereocenters. The Morgan fingerprint density at radius 2 is 1.73 bits per heavy atom. The molecule has 1 aromatic heterocycles. The number of thiazole rings is 1. The Kier molecular flexibility index (Phi) is 5.94. The van der Waals surface area contributed by atoms with Crippen LogP contribution < -0.4 is 4.87 Å². The number of Topliss-reactive ketones (excluding diaryl/α,β-unsaturated/α-hetero) is 1. The molecule has 2 heterocycles. The molecule has 3 aromatic rings. The van der Waals surface area contributed by atoms with E-state index in [2.05, 4.69) is 21.0 Å². The molecule has 0 saturated heterocycles. The third-order valence-electron chi connectivity index (χ3n) is 5.77. The van der Waals surface area contributed by atoms with Crippen LogP contribution in [0.15, 0.2) is 91.9 Å². The molecule has 0 spiro atoms. The number of para-hydroxylation sites is 1. The maximum absolute atomic E-state index is 13.6. The van der Waals surface area contributed by atoms with E-state index in [0.717, 1.165) is 11.3 Å². The molecule has 10 heteroatoms. The summed E-state index contributed by atoms with van der Waals surface area (Å²) in [6.45, 7) is 0. The Balaban J connectivity index is 1.82. The number of phenols is 1. The van der Waals surface area contributed by atoms with E-state index in [9.17, 15) is 30.3 Å². The first-order chi connectivity index (χ1) is 17.9. The van der Waals surface area contributed by atoms with Gasteiger partial charge in [-0.3, -0.25) is 19.6 Å². The van der Waals surface area contributed by atoms with Crippen LogP contribution in [0.25, 0.3) is 11.6 Å². The van der Waals surface area contributed by atoms with Crippen molar-refractivity contribution >= 4 is 40.7 Å². The van der Waals surface area contributed by atoms with Crippen molar-refractivity contribution in [1.29, 1.82) is 10.5 Å². The first kappa shape index (κ1) is 23.4. The Morgan fingerprint density at radius 1 is 1.00 bits per heavy atom. The van der Waals surface area contributed by atoms with E-state index < -0.39 is 16.6 Å². The molecule has 2 aliphatic rings. The number of allylic oxidation sites excluding steroid dienone is 4. The minimum atomic E-state index is -1.30. The molecule has 0 radical (unpaired) electrons. The molecular formula is C27H15N5O4S. The molecule has 0 bridgehead atoms. The monoisotopic (exact) mass is 505 g/mol. The lowest BCUT2D eigenvalue weighted by Crippen LogP contribution is -2.23. The molecule has 1 unspecified atom stereocenters. The second-order valence-corrected chi connectivity index (χ2v) is 8.97. The lowest BCUT2D eigenvalue weighted by molar-refractivity contribution is -0.116. The van der Waals surface area contributed by atoms with Crippen molar-refractivity contribution in [3.63, 3.8) is 0 Å². The SMILES string of the molecule is N#CC1=C(c2ccccc2)C(C#N)C(=O)C2=C1N=C/C(=C\c1sc(=O)[nH]c1O)C(c1ccccc1O)=N2. The summed E-state index contributed by atoms with van der Waals surface area (Å²) in [7, 11) is 0. The zero-order valence-corrected chi connectivity index (χ0v) is 19.7. The number of aromatic amines is 1. The summed E-state index contributed by atoms with van der Waals surface area (Å²) in [4.78, 5) is 36.3. The van der Waals surface area contributed by atoms with Crippen LogP contribution in [-0.4, -0.2) is 32.9 Å². The van der Waals surface area contributed by atoms with E-state index in [4.69, 9.17) is 0 Å². The fourth-order valence-corrected chi connectivity index (χ4v) is 4.79. The highest BCUT2D eigenvalue weighted by atomic mass is 32.1. The van der Waals surface area contributed by atoms with Crippen molar-refractivity contribution in [3.05, 3.63) is 103 Å². The molecule has 9 nitrogen and oxygen atoms in total. The second kappa shape index (κ2) is 9.38. The van der Waals surface area contributed by atoms with E-state index in [0.29, 0.717) is 5.56 Å². The predicted molar refractivity (Wildman–Crippen MR) is 138 cm³/mol. The number of hydrogen-bond donors (Lipinski definition) is 3. The minimum absolute atomic E-state index is 0.0133. The van der Waals surface area contributed by atoms with Gasteiger partial charge in [-0.25, -0.2) is 4.99 Å². The van der Waals surface area contributed by atoms with E-state index >= 15 is 0 Å². The molecule has 1 aliphatic carbocycles. The van der Waals surface area contributed by atoms with E-state index in [1.807, 2.05) is 6.07 Å². The lowest BCUT2D eigenvalue weighted by Gasteiger charge is -2.22. The Hall–Kier alpha value is -5.32. The van der Waals surface area contributed by atoms with Crippen LogP contribution in [0.3, 0.4) is 0 Å². The normalized spacial score (nSPS) is 18.2. The average Bonchev–Trinajstić information content (AvgIpc) is 3.10. The molecule has 3 N–H and O–H groups in total. The molecule has 0 amide bonds. The number of carbonyl (C=O) groups excluding carboxylic acids is 1. The van der Waals surface area contributed by atoms with E-state index in [-0.39, 0.29) is 55.9 Å². The maximum atomic E-state index is 13.6. The first-order valence-electron chi connectivity index (χ1n) is 10.9. The summed E-state index contributed by atoms with van der Waals surface area (Å²) in [5.74, 6) is -2.45. The van der Waals surface area contributed by atoms with Crippen molar-refractivity contribution < 1.29 is 15.0 Å². The van der Waals surface area contributed by atoms with Crippen molar-refractivity contribution in [2.75, 3.05) is 0 Å². The van der Waals surface area contributed by atoms with Crippen LogP contribution in [0, 0.1) is 28.6 Å². The van der Waals surface area contributed by atoms with Gasteiger partial charge in [-0.05, 0) is 23.8 Å². The number of ketones is 1. The minimum Gasteiger partial charge on any atom is -0.507 e. The van der Waals surface area contributed by atoms with Gasteiger partial charge in [-0.1, -0.05) is 53.8 Å². The smallest absolute Gasteiger partial charge is 0.307 e. The summed E-state index contributed by atoms with van der Waals surface area (Å²) in [6.07, 6.45) is 2.78. The number of carbonyl (C=O) groups is 1. The van der Waals surface area contributed by atoms with Crippen molar-refractivity contribution in [3.8, 4) is 23.8 Å². The summed E-state index contributed by atoms with van der Waals surface area (Å²) in [5.41, 5.74) is 1.19. The lowest BCUT2D eigenvalue weighted by atomic mass is 9.80. The number of aromatic hydroxyl groups is 2. The first-order valence-corrected chi connectivity index (χ1v) is 11.7. The number of aliphatic imine (C=N–C) groups is 2. The number of nitriles is 2. The average molecular weight is 506 g/mol. The Bertz CT molecular complexity index is 1760. The summed E-state index contributed by atoms with van der Waals surface area (Å²) >= 11 is 0.747. The number of aromatic nitrogens is 1. The standard InChI is InChI=1S/C27H15N5O4S/c28-11-17-21(14-6-2-1-3-7-14)18(12-29)25(34)24-23(17)30-13-15(10-20-26(35)32-27(36)37-20)22(31-24)16-8-4-5-9-19(16)33/h1-10,13,18,33,35H,(H,32,36)/b15-10+. The second-order valence-electron chi connectivity index (χ2n) is 7.95. The molecular weight excluding hydrogens is 490 g/mol. The predicted octanol–water partition coefficient (Wildman–Crippen LogP) is 3.72.